The highest BCUT2D eigenvalue weighted by Crippen LogP contribution is 2.49. The van der Waals surface area contributed by atoms with Crippen molar-refractivity contribution in [2.24, 2.45) is 0 Å². The van der Waals surface area contributed by atoms with Crippen LogP contribution in [0.4, 0.5) is 0 Å². The molecule has 2 aromatic carbocycles. The van der Waals surface area contributed by atoms with Crippen molar-refractivity contribution in [3.63, 3.8) is 0 Å². The highest BCUT2D eigenvalue weighted by atomic mass is 16.6. The summed E-state index contributed by atoms with van der Waals surface area (Å²) >= 11 is 0. The van der Waals surface area contributed by atoms with E-state index >= 15 is 0 Å². The van der Waals surface area contributed by atoms with Gasteiger partial charge in [0.1, 0.15) is 5.75 Å². The maximum Gasteiger partial charge on any atom is 0.308 e. The monoisotopic (exact) mass is 442 g/mol. The minimum Gasteiger partial charge on any atom is -0.492 e. The first kappa shape index (κ1) is 23.6. The van der Waals surface area contributed by atoms with Crippen LogP contribution in [-0.2, 0) is 22.4 Å². The molecule has 1 aliphatic carbocycles. The Morgan fingerprint density at radius 2 is 1.56 bits per heavy atom. The van der Waals surface area contributed by atoms with Crippen molar-refractivity contribution in [3.05, 3.63) is 35.4 Å². The molecular weight excluding hydrogens is 412 g/mol. The van der Waals surface area contributed by atoms with E-state index < -0.39 is 18.0 Å². The maximum atomic E-state index is 11.8. The molecule has 4 bridgehead atoms. The lowest BCUT2D eigenvalue weighted by atomic mass is 9.95. The second kappa shape index (κ2) is 10.5. The summed E-state index contributed by atoms with van der Waals surface area (Å²) in [5.41, 5.74) is 3.12. The van der Waals surface area contributed by atoms with E-state index in [1.165, 1.54) is 28.1 Å². The normalized spacial score (nSPS) is 16.1. The molecule has 7 heteroatoms. The van der Waals surface area contributed by atoms with Gasteiger partial charge in [0.25, 0.3) is 0 Å². The summed E-state index contributed by atoms with van der Waals surface area (Å²) in [6, 6.07) is 7.49. The van der Waals surface area contributed by atoms with Crippen LogP contribution in [0.3, 0.4) is 0 Å². The Morgan fingerprint density at radius 1 is 0.844 bits per heavy atom. The van der Waals surface area contributed by atoms with E-state index in [1.807, 2.05) is 18.2 Å². The third-order valence-electron chi connectivity index (χ3n) is 5.51. The summed E-state index contributed by atoms with van der Waals surface area (Å²) in [5, 5.41) is 10.4. The van der Waals surface area contributed by atoms with Gasteiger partial charge in [-0.3, -0.25) is 9.59 Å². The molecular formula is C25H30O7. The number of aliphatic hydroxyl groups is 1. The van der Waals surface area contributed by atoms with Crippen molar-refractivity contribution < 1.29 is 33.6 Å². The van der Waals surface area contributed by atoms with E-state index in [4.69, 9.17) is 18.9 Å². The van der Waals surface area contributed by atoms with Crippen molar-refractivity contribution in [2.45, 2.75) is 58.5 Å². The maximum absolute atomic E-state index is 11.8. The Balaban J connectivity index is 2.30. The number of fused-ring (bicyclic) bond motifs is 5. The molecule has 7 nitrogen and oxygen atoms in total. The van der Waals surface area contributed by atoms with Crippen LogP contribution in [0.5, 0.6) is 23.0 Å². The van der Waals surface area contributed by atoms with Crippen LogP contribution in [0.1, 0.15) is 50.7 Å². The average Bonchev–Trinajstić information content (AvgIpc) is 2.75. The number of hydrogen-bond donors (Lipinski definition) is 1. The Bertz CT molecular complexity index is 996. The molecule has 2 aromatic rings. The largest absolute Gasteiger partial charge is 0.492 e. The number of aryl methyl sites for hydroxylation is 2. The Hall–Kier alpha value is -3.06. The zero-order valence-corrected chi connectivity index (χ0v) is 19.0. The molecule has 1 unspecified atom stereocenters. The van der Waals surface area contributed by atoms with Gasteiger partial charge in [0.15, 0.2) is 11.5 Å². The van der Waals surface area contributed by atoms with Gasteiger partial charge in [-0.15, -0.1) is 0 Å². The Kier molecular flexibility index (Phi) is 7.75. The van der Waals surface area contributed by atoms with Crippen LogP contribution in [0.25, 0.3) is 11.1 Å². The van der Waals surface area contributed by atoms with Crippen LogP contribution in [0.15, 0.2) is 24.3 Å². The molecule has 0 saturated heterocycles. The van der Waals surface area contributed by atoms with Crippen molar-refractivity contribution in [1.82, 2.24) is 0 Å². The van der Waals surface area contributed by atoms with Gasteiger partial charge in [0, 0.05) is 25.0 Å². The summed E-state index contributed by atoms with van der Waals surface area (Å²) in [5.74, 6) is 0.506. The SMILES string of the molecule is COc1c2cc(c(OC(C)=O)c1OC)CCCCC(O)CCc1ccc(OC(C)=O)c-2c1. The Labute approximate surface area is 188 Å². The predicted octanol–water partition coefficient (Wildman–Crippen LogP) is 4.24. The topological polar surface area (TPSA) is 91.3 Å². The minimum atomic E-state index is -0.463. The van der Waals surface area contributed by atoms with Crippen molar-refractivity contribution in [2.75, 3.05) is 14.2 Å². The van der Waals surface area contributed by atoms with Gasteiger partial charge in [-0.25, -0.2) is 0 Å². The number of carbonyl (C=O) groups is 2. The molecule has 0 fully saturated rings. The van der Waals surface area contributed by atoms with E-state index in [2.05, 4.69) is 0 Å². The standard InChI is InChI=1S/C25H30O7/c1-15(26)31-22-12-10-17-9-11-19(28)8-6-5-7-18-14-21(20(22)13-17)24(29-3)25(30-4)23(18)32-16(2)27/h10,12-14,19,28H,5-9,11H2,1-4H3. The first-order chi connectivity index (χ1) is 15.3. The number of ether oxygens (including phenoxy) is 4. The molecule has 0 saturated carbocycles. The summed E-state index contributed by atoms with van der Waals surface area (Å²) in [6.45, 7) is 2.69. The van der Waals surface area contributed by atoms with Gasteiger partial charge in [0.05, 0.1) is 20.3 Å². The van der Waals surface area contributed by atoms with Gasteiger partial charge >= 0.3 is 11.9 Å². The van der Waals surface area contributed by atoms with Gasteiger partial charge in [-0.1, -0.05) is 12.5 Å². The number of carbonyl (C=O) groups excluding carboxylic acids is 2. The third-order valence-corrected chi connectivity index (χ3v) is 5.51. The van der Waals surface area contributed by atoms with Gasteiger partial charge in [-0.05, 0) is 61.4 Å². The first-order valence-electron chi connectivity index (χ1n) is 10.8. The predicted molar refractivity (Wildman–Crippen MR) is 119 cm³/mol. The molecule has 32 heavy (non-hydrogen) atoms. The summed E-state index contributed by atoms with van der Waals surface area (Å²) in [4.78, 5) is 23.6. The number of aliphatic hydroxyl groups excluding tert-OH is 1. The van der Waals surface area contributed by atoms with Crippen LogP contribution < -0.4 is 18.9 Å². The molecule has 1 N–H and O–H groups in total. The number of hydrogen-bond acceptors (Lipinski definition) is 7. The van der Waals surface area contributed by atoms with Crippen molar-refractivity contribution >= 4 is 11.9 Å². The number of rotatable bonds is 4. The smallest absolute Gasteiger partial charge is 0.308 e. The average molecular weight is 443 g/mol. The fourth-order valence-corrected chi connectivity index (χ4v) is 4.07. The fourth-order valence-electron chi connectivity index (χ4n) is 4.07. The van der Waals surface area contributed by atoms with Crippen LogP contribution >= 0.6 is 0 Å². The molecule has 172 valence electrons. The molecule has 0 aromatic heterocycles. The molecule has 1 atom stereocenters. The van der Waals surface area contributed by atoms with E-state index in [-0.39, 0.29) is 0 Å². The molecule has 0 radical (unpaired) electrons. The fraction of sp³-hybridized carbons (Fsp3) is 0.440. The molecule has 1 aliphatic rings. The van der Waals surface area contributed by atoms with Gasteiger partial charge in [-0.2, -0.15) is 0 Å². The van der Waals surface area contributed by atoms with E-state index in [0.717, 1.165) is 24.0 Å². The van der Waals surface area contributed by atoms with Crippen LogP contribution in [0, 0.1) is 0 Å². The molecule has 3 rings (SSSR count). The van der Waals surface area contributed by atoms with Gasteiger partial charge < -0.3 is 24.1 Å². The number of methoxy groups -OCH3 is 2. The quantitative estimate of drug-likeness (QED) is 0.559. The highest BCUT2D eigenvalue weighted by molar-refractivity contribution is 5.85. The zero-order valence-electron chi connectivity index (χ0n) is 19.0. The first-order valence-corrected chi connectivity index (χ1v) is 10.8. The second-order valence-corrected chi connectivity index (χ2v) is 7.93. The van der Waals surface area contributed by atoms with E-state index in [1.54, 1.807) is 6.07 Å². The summed E-state index contributed by atoms with van der Waals surface area (Å²) in [6.07, 6.45) is 3.88. The number of esters is 2. The van der Waals surface area contributed by atoms with Crippen molar-refractivity contribution in [3.8, 4) is 34.1 Å². The third kappa shape index (κ3) is 5.40. The zero-order chi connectivity index (χ0) is 23.3. The Morgan fingerprint density at radius 3 is 2.22 bits per heavy atom. The van der Waals surface area contributed by atoms with Crippen LogP contribution in [0.2, 0.25) is 0 Å². The highest BCUT2D eigenvalue weighted by Gasteiger charge is 2.25. The summed E-state index contributed by atoms with van der Waals surface area (Å²) in [7, 11) is 3.00. The molecule has 0 heterocycles. The molecule has 0 spiro atoms. The van der Waals surface area contributed by atoms with Crippen molar-refractivity contribution in [1.29, 1.82) is 0 Å². The minimum absolute atomic E-state index is 0.310. The lowest BCUT2D eigenvalue weighted by molar-refractivity contribution is -0.132. The lowest BCUT2D eigenvalue weighted by Gasteiger charge is -2.21. The van der Waals surface area contributed by atoms with E-state index in [0.29, 0.717) is 59.8 Å². The summed E-state index contributed by atoms with van der Waals surface area (Å²) < 4.78 is 22.4. The number of benzene rings is 2. The van der Waals surface area contributed by atoms with Gasteiger partial charge in [0.2, 0.25) is 5.75 Å². The molecule has 0 aliphatic heterocycles. The van der Waals surface area contributed by atoms with Crippen LogP contribution in [-0.4, -0.2) is 37.4 Å². The molecule has 0 amide bonds. The van der Waals surface area contributed by atoms with E-state index in [9.17, 15) is 14.7 Å². The lowest BCUT2D eigenvalue weighted by Crippen LogP contribution is -2.09. The second-order valence-electron chi connectivity index (χ2n) is 7.93.